The normalized spacial score (nSPS) is 15.0. The molecule has 1 aromatic carbocycles. The molecule has 1 aliphatic rings. The number of likely N-dealkylation sites (tertiary alicyclic amines) is 1. The highest BCUT2D eigenvalue weighted by molar-refractivity contribution is 7.98. The summed E-state index contributed by atoms with van der Waals surface area (Å²) in [5.74, 6) is 0.800. The first-order valence-electron chi connectivity index (χ1n) is 10.9. The first-order chi connectivity index (χ1) is 16.3. The molecule has 180 valence electrons. The molecule has 1 saturated heterocycles. The van der Waals surface area contributed by atoms with E-state index in [9.17, 15) is 13.2 Å². The molecular weight excluding hydrogens is 494 g/mol. The molecule has 1 aliphatic heterocycles. The van der Waals surface area contributed by atoms with Crippen molar-refractivity contribution in [3.63, 3.8) is 0 Å². The number of imidazole rings is 1. The molecule has 0 radical (unpaired) electrons. The van der Waals surface area contributed by atoms with Gasteiger partial charge in [-0.2, -0.15) is 0 Å². The van der Waals surface area contributed by atoms with Crippen LogP contribution in [0.3, 0.4) is 0 Å². The van der Waals surface area contributed by atoms with Crippen LogP contribution in [-0.2, 0) is 16.4 Å². The van der Waals surface area contributed by atoms with E-state index in [1.807, 2.05) is 23.9 Å². The number of aromatic nitrogens is 4. The number of piperidine rings is 1. The Balaban J connectivity index is 1.39. The number of sulfone groups is 1. The average Bonchev–Trinajstić information content (AvgIpc) is 3.32. The first kappa shape index (κ1) is 24.7. The molecule has 0 unspecified atom stereocenters. The molecule has 0 saturated carbocycles. The Bertz CT molecular complexity index is 1270. The van der Waals surface area contributed by atoms with Gasteiger partial charge in [-0.3, -0.25) is 4.79 Å². The summed E-state index contributed by atoms with van der Waals surface area (Å²) in [5, 5.41) is 0.750. The molecule has 0 bridgehead atoms. The van der Waals surface area contributed by atoms with E-state index in [-0.39, 0.29) is 28.3 Å². The minimum atomic E-state index is -3.39. The highest BCUT2D eigenvalue weighted by Gasteiger charge is 2.29. The summed E-state index contributed by atoms with van der Waals surface area (Å²) in [7, 11) is -3.39. The predicted octanol–water partition coefficient (Wildman–Crippen LogP) is 3.85. The molecule has 0 N–H and O–H groups in total. The van der Waals surface area contributed by atoms with Crippen LogP contribution in [0.25, 0.3) is 0 Å². The van der Waals surface area contributed by atoms with E-state index in [2.05, 4.69) is 15.0 Å². The van der Waals surface area contributed by atoms with Crippen LogP contribution < -0.4 is 0 Å². The fourth-order valence-corrected chi connectivity index (χ4v) is 5.78. The number of hydrogen-bond donors (Lipinski definition) is 0. The van der Waals surface area contributed by atoms with Gasteiger partial charge in [0.15, 0.2) is 20.7 Å². The fraction of sp³-hybridized carbons (Fsp3) is 0.391. The third-order valence-electron chi connectivity index (χ3n) is 5.98. The minimum Gasteiger partial charge on any atom is -0.337 e. The molecule has 2 aromatic heterocycles. The summed E-state index contributed by atoms with van der Waals surface area (Å²) in [6.45, 7) is 3.36. The number of aryl methyl sites for hydroxylation is 2. The largest absolute Gasteiger partial charge is 0.337 e. The van der Waals surface area contributed by atoms with Crippen molar-refractivity contribution in [3.8, 4) is 0 Å². The Kier molecular flexibility index (Phi) is 7.59. The van der Waals surface area contributed by atoms with Crippen molar-refractivity contribution in [3.05, 3.63) is 65.0 Å². The van der Waals surface area contributed by atoms with Gasteiger partial charge in [-0.05, 0) is 38.2 Å². The lowest BCUT2D eigenvalue weighted by atomic mass is 9.95. The number of carbonyl (C=O) groups excluding carboxylic acids is 1. The van der Waals surface area contributed by atoms with E-state index in [1.165, 1.54) is 18.0 Å². The van der Waals surface area contributed by atoms with Crippen molar-refractivity contribution < 1.29 is 13.2 Å². The summed E-state index contributed by atoms with van der Waals surface area (Å²) in [4.78, 5) is 27.9. The predicted molar refractivity (Wildman–Crippen MR) is 132 cm³/mol. The zero-order valence-corrected chi connectivity index (χ0v) is 21.4. The number of hydrogen-bond acceptors (Lipinski definition) is 7. The molecule has 3 heterocycles. The minimum absolute atomic E-state index is 0.000731. The Hall–Kier alpha value is -2.43. The van der Waals surface area contributed by atoms with Crippen LogP contribution in [0.15, 0.2) is 52.9 Å². The van der Waals surface area contributed by atoms with E-state index in [0.29, 0.717) is 29.7 Å². The number of amides is 1. The molecule has 0 atom stereocenters. The molecule has 34 heavy (non-hydrogen) atoms. The Morgan fingerprint density at radius 1 is 1.18 bits per heavy atom. The lowest BCUT2D eigenvalue weighted by molar-refractivity contribution is 0.0703. The molecule has 1 fully saturated rings. The Morgan fingerprint density at radius 2 is 1.88 bits per heavy atom. The van der Waals surface area contributed by atoms with Gasteiger partial charge in [0.25, 0.3) is 5.91 Å². The number of thioether (sulfide) groups is 1. The van der Waals surface area contributed by atoms with Gasteiger partial charge >= 0.3 is 0 Å². The molecular formula is C23H26ClN5O3S2. The van der Waals surface area contributed by atoms with Crippen molar-refractivity contribution >= 4 is 39.1 Å². The molecule has 0 aliphatic carbocycles. The fourth-order valence-electron chi connectivity index (χ4n) is 4.04. The topological polar surface area (TPSA) is 98.0 Å². The number of carbonyl (C=O) groups is 1. The zero-order chi connectivity index (χ0) is 24.3. The van der Waals surface area contributed by atoms with E-state index < -0.39 is 9.84 Å². The van der Waals surface area contributed by atoms with E-state index >= 15 is 0 Å². The third kappa shape index (κ3) is 5.45. The number of rotatable bonds is 7. The second-order valence-corrected chi connectivity index (χ2v) is 11.5. The second kappa shape index (κ2) is 10.5. The van der Waals surface area contributed by atoms with Crippen molar-refractivity contribution in [1.29, 1.82) is 0 Å². The highest BCUT2D eigenvalue weighted by atomic mass is 35.5. The van der Waals surface area contributed by atoms with Crippen LogP contribution in [0.5, 0.6) is 0 Å². The standard InChI is InChI=1S/C23H26ClN5O3S2/c1-16-3-5-18(6-4-16)34(31,32)14-13-28-12-9-25-21(28)17-7-10-29(11-8-17)22(30)20-19(24)15-26-23(27-20)33-2/h3-6,9,12,15,17H,7-8,10-11,13-14H2,1-2H3. The highest BCUT2D eigenvalue weighted by Crippen LogP contribution is 2.29. The summed E-state index contributed by atoms with van der Waals surface area (Å²) in [6, 6.07) is 6.92. The molecule has 0 spiro atoms. The van der Waals surface area contributed by atoms with Crippen molar-refractivity contribution in [2.45, 2.75) is 42.3 Å². The summed E-state index contributed by atoms with van der Waals surface area (Å²) < 4.78 is 27.4. The van der Waals surface area contributed by atoms with Gasteiger partial charge in [-0.15, -0.1) is 0 Å². The van der Waals surface area contributed by atoms with Crippen LogP contribution >= 0.6 is 23.4 Å². The van der Waals surface area contributed by atoms with Crippen molar-refractivity contribution in [1.82, 2.24) is 24.4 Å². The first-order valence-corrected chi connectivity index (χ1v) is 14.2. The van der Waals surface area contributed by atoms with Gasteiger partial charge in [0, 0.05) is 37.9 Å². The maximum atomic E-state index is 13.0. The van der Waals surface area contributed by atoms with Gasteiger partial charge < -0.3 is 9.47 Å². The maximum Gasteiger partial charge on any atom is 0.274 e. The lowest BCUT2D eigenvalue weighted by Crippen LogP contribution is -2.39. The van der Waals surface area contributed by atoms with E-state index in [0.717, 1.165) is 24.2 Å². The average molecular weight is 520 g/mol. The van der Waals surface area contributed by atoms with Crippen molar-refractivity contribution in [2.75, 3.05) is 25.1 Å². The monoisotopic (exact) mass is 519 g/mol. The lowest BCUT2D eigenvalue weighted by Gasteiger charge is -2.32. The quantitative estimate of drug-likeness (QED) is 0.345. The van der Waals surface area contributed by atoms with E-state index in [4.69, 9.17) is 11.6 Å². The van der Waals surface area contributed by atoms with Crippen LogP contribution in [0.1, 0.15) is 40.6 Å². The zero-order valence-electron chi connectivity index (χ0n) is 19.0. The Morgan fingerprint density at radius 3 is 2.56 bits per heavy atom. The molecule has 4 rings (SSSR count). The number of nitrogens with zero attached hydrogens (tertiary/aromatic N) is 5. The number of benzene rings is 1. The summed E-state index contributed by atoms with van der Waals surface area (Å²) >= 11 is 7.53. The van der Waals surface area contributed by atoms with Crippen LogP contribution in [0.2, 0.25) is 5.02 Å². The smallest absolute Gasteiger partial charge is 0.274 e. The van der Waals surface area contributed by atoms with Gasteiger partial charge in [-0.25, -0.2) is 23.4 Å². The second-order valence-electron chi connectivity index (χ2n) is 8.23. The van der Waals surface area contributed by atoms with Gasteiger partial charge in [0.05, 0.1) is 21.9 Å². The Labute approximate surface area is 208 Å². The molecule has 11 heteroatoms. The van der Waals surface area contributed by atoms with Crippen LogP contribution in [0.4, 0.5) is 0 Å². The van der Waals surface area contributed by atoms with Crippen molar-refractivity contribution in [2.24, 2.45) is 0 Å². The molecule has 8 nitrogen and oxygen atoms in total. The molecule has 3 aromatic rings. The maximum absolute atomic E-state index is 13.0. The van der Waals surface area contributed by atoms with E-state index in [1.54, 1.807) is 35.4 Å². The number of halogens is 1. The SMILES string of the molecule is CSc1ncc(Cl)c(C(=O)N2CCC(c3nccn3CCS(=O)(=O)c3ccc(C)cc3)CC2)n1. The van der Waals surface area contributed by atoms with Crippen LogP contribution in [-0.4, -0.2) is 63.8 Å². The summed E-state index contributed by atoms with van der Waals surface area (Å²) in [6.07, 6.45) is 8.29. The van der Waals surface area contributed by atoms with Crippen LogP contribution in [0, 0.1) is 6.92 Å². The van der Waals surface area contributed by atoms with Gasteiger partial charge in [0.1, 0.15) is 5.82 Å². The third-order valence-corrected chi connectivity index (χ3v) is 8.53. The molecule has 1 amide bonds. The van der Waals surface area contributed by atoms with Gasteiger partial charge in [-0.1, -0.05) is 41.1 Å². The summed E-state index contributed by atoms with van der Waals surface area (Å²) in [5.41, 5.74) is 1.25. The van der Waals surface area contributed by atoms with Gasteiger partial charge in [0.2, 0.25) is 0 Å².